The van der Waals surface area contributed by atoms with Crippen molar-refractivity contribution in [3.05, 3.63) is 86.7 Å². The van der Waals surface area contributed by atoms with Gasteiger partial charge >= 0.3 is 0 Å². The summed E-state index contributed by atoms with van der Waals surface area (Å²) in [6, 6.07) is 17.0. The molecule has 2 heterocycles. The van der Waals surface area contributed by atoms with Gasteiger partial charge in [-0.2, -0.15) is 0 Å². The highest BCUT2D eigenvalue weighted by molar-refractivity contribution is 7.19. The molecule has 4 aromatic rings. The molecular weight excluding hydrogens is 406 g/mol. The lowest BCUT2D eigenvalue weighted by atomic mass is 10.0. The van der Waals surface area contributed by atoms with Gasteiger partial charge in [-0.15, -0.1) is 11.3 Å². The van der Waals surface area contributed by atoms with Crippen LogP contribution in [0.25, 0.3) is 21.3 Å². The molecule has 0 saturated heterocycles. The quantitative estimate of drug-likeness (QED) is 0.517. The summed E-state index contributed by atoms with van der Waals surface area (Å²) in [6.07, 6.45) is 1.44. The molecular formula is C22H18ClN3O2S. The first-order valence-electron chi connectivity index (χ1n) is 9.08. The van der Waals surface area contributed by atoms with Crippen molar-refractivity contribution in [3.8, 4) is 11.1 Å². The fraction of sp³-hybridized carbons (Fsp3) is 0.136. The number of aromatic nitrogens is 2. The van der Waals surface area contributed by atoms with Gasteiger partial charge in [0.2, 0.25) is 5.91 Å². The van der Waals surface area contributed by atoms with Gasteiger partial charge in [0.25, 0.3) is 5.56 Å². The molecule has 0 aliphatic carbocycles. The number of rotatable bonds is 5. The van der Waals surface area contributed by atoms with E-state index >= 15 is 0 Å². The molecule has 5 nitrogen and oxygen atoms in total. The zero-order chi connectivity index (χ0) is 20.4. The number of hydrogen-bond donors (Lipinski definition) is 1. The van der Waals surface area contributed by atoms with Gasteiger partial charge < -0.3 is 5.32 Å². The molecule has 1 amide bonds. The molecule has 2 aromatic carbocycles. The van der Waals surface area contributed by atoms with E-state index in [9.17, 15) is 9.59 Å². The second-order valence-corrected chi connectivity index (χ2v) is 8.30. The molecule has 0 radical (unpaired) electrons. The topological polar surface area (TPSA) is 64.0 Å². The van der Waals surface area contributed by atoms with E-state index in [1.165, 1.54) is 22.2 Å². The van der Waals surface area contributed by atoms with E-state index in [0.717, 1.165) is 21.6 Å². The Kier molecular flexibility index (Phi) is 5.47. The van der Waals surface area contributed by atoms with Gasteiger partial charge in [-0.3, -0.25) is 14.2 Å². The number of carbonyl (C=O) groups is 1. The molecule has 29 heavy (non-hydrogen) atoms. The van der Waals surface area contributed by atoms with Gasteiger partial charge in [0, 0.05) is 22.0 Å². The number of nitrogens with zero attached hydrogens (tertiary/aromatic N) is 2. The minimum Gasteiger partial charge on any atom is -0.350 e. The summed E-state index contributed by atoms with van der Waals surface area (Å²) in [5, 5.41) is 4.03. The molecule has 0 aliphatic heterocycles. The van der Waals surface area contributed by atoms with E-state index in [0.29, 0.717) is 21.8 Å². The van der Waals surface area contributed by atoms with E-state index in [-0.39, 0.29) is 18.0 Å². The number of thiophene rings is 1. The molecule has 4 rings (SSSR count). The maximum atomic E-state index is 13.1. The normalized spacial score (nSPS) is 11.0. The highest BCUT2D eigenvalue weighted by atomic mass is 35.5. The average Bonchev–Trinajstić information content (AvgIpc) is 3.07. The number of benzene rings is 2. The van der Waals surface area contributed by atoms with Crippen molar-refractivity contribution in [2.24, 2.45) is 0 Å². The summed E-state index contributed by atoms with van der Waals surface area (Å²) in [4.78, 5) is 31.6. The predicted molar refractivity (Wildman–Crippen MR) is 117 cm³/mol. The number of halogens is 1. The van der Waals surface area contributed by atoms with Crippen LogP contribution < -0.4 is 10.9 Å². The molecule has 0 fully saturated rings. The molecule has 0 spiro atoms. The Morgan fingerprint density at radius 2 is 1.86 bits per heavy atom. The molecule has 7 heteroatoms. The van der Waals surface area contributed by atoms with Gasteiger partial charge in [0.1, 0.15) is 11.4 Å². The fourth-order valence-corrected chi connectivity index (χ4v) is 4.35. The Balaban J connectivity index is 1.60. The first-order chi connectivity index (χ1) is 14.0. The Morgan fingerprint density at radius 1 is 1.14 bits per heavy atom. The van der Waals surface area contributed by atoms with Crippen LogP contribution >= 0.6 is 22.9 Å². The van der Waals surface area contributed by atoms with Crippen molar-refractivity contribution < 1.29 is 4.79 Å². The first kappa shape index (κ1) is 19.4. The lowest BCUT2D eigenvalue weighted by Crippen LogP contribution is -2.32. The lowest BCUT2D eigenvalue weighted by Gasteiger charge is -2.08. The summed E-state index contributed by atoms with van der Waals surface area (Å²) >= 11 is 7.36. The van der Waals surface area contributed by atoms with Crippen molar-refractivity contribution in [1.82, 2.24) is 14.9 Å². The third-order valence-corrected chi connectivity index (χ3v) is 5.90. The molecule has 2 aromatic heterocycles. The lowest BCUT2D eigenvalue weighted by molar-refractivity contribution is -0.121. The van der Waals surface area contributed by atoms with Gasteiger partial charge in [-0.1, -0.05) is 54.1 Å². The third kappa shape index (κ3) is 4.09. The maximum absolute atomic E-state index is 13.1. The molecule has 0 atom stereocenters. The Morgan fingerprint density at radius 3 is 2.59 bits per heavy atom. The Bertz CT molecular complexity index is 1230. The van der Waals surface area contributed by atoms with Crippen molar-refractivity contribution in [1.29, 1.82) is 0 Å². The van der Waals surface area contributed by atoms with Crippen LogP contribution in [-0.2, 0) is 17.9 Å². The maximum Gasteiger partial charge on any atom is 0.263 e. The largest absolute Gasteiger partial charge is 0.350 e. The highest BCUT2D eigenvalue weighted by Gasteiger charge is 2.17. The van der Waals surface area contributed by atoms with E-state index in [1.54, 1.807) is 12.1 Å². The predicted octanol–water partition coefficient (Wildman–Crippen LogP) is 4.40. The molecule has 146 valence electrons. The van der Waals surface area contributed by atoms with Gasteiger partial charge in [0.15, 0.2) is 0 Å². The zero-order valence-electron chi connectivity index (χ0n) is 15.7. The van der Waals surface area contributed by atoms with E-state index in [2.05, 4.69) is 10.3 Å². The number of nitrogens with one attached hydrogen (secondary N) is 1. The van der Waals surface area contributed by atoms with Crippen molar-refractivity contribution in [2.45, 2.75) is 20.0 Å². The van der Waals surface area contributed by atoms with Crippen molar-refractivity contribution in [3.63, 3.8) is 0 Å². The number of carbonyl (C=O) groups excluding carboxylic acids is 1. The standard InChI is InChI=1S/C22H18ClN3O2S/c1-14-19(16-5-3-2-4-6-16)20-21(29-14)25-13-26(22(20)28)12-18(27)24-11-15-7-9-17(23)10-8-15/h2-10,13H,11-12H2,1H3,(H,24,27). The SMILES string of the molecule is Cc1sc2ncn(CC(=O)NCc3ccc(Cl)cc3)c(=O)c2c1-c1ccccc1. The van der Waals surface area contributed by atoms with Crippen LogP contribution in [0.4, 0.5) is 0 Å². The van der Waals surface area contributed by atoms with Crippen LogP contribution in [0.3, 0.4) is 0 Å². The van der Waals surface area contributed by atoms with Crippen LogP contribution in [0.15, 0.2) is 65.7 Å². The summed E-state index contributed by atoms with van der Waals surface area (Å²) < 4.78 is 1.36. The van der Waals surface area contributed by atoms with Crippen LogP contribution in [0.1, 0.15) is 10.4 Å². The summed E-state index contributed by atoms with van der Waals surface area (Å²) in [5.74, 6) is -0.253. The van der Waals surface area contributed by atoms with Crippen molar-refractivity contribution in [2.75, 3.05) is 0 Å². The molecule has 0 aliphatic rings. The van der Waals surface area contributed by atoms with Gasteiger partial charge in [0.05, 0.1) is 11.7 Å². The zero-order valence-corrected chi connectivity index (χ0v) is 17.3. The Hall–Kier alpha value is -2.96. The third-order valence-electron chi connectivity index (χ3n) is 4.63. The molecule has 0 unspecified atom stereocenters. The smallest absolute Gasteiger partial charge is 0.263 e. The average molecular weight is 424 g/mol. The van der Waals surface area contributed by atoms with Crippen LogP contribution in [0.2, 0.25) is 5.02 Å². The van der Waals surface area contributed by atoms with E-state index in [4.69, 9.17) is 11.6 Å². The highest BCUT2D eigenvalue weighted by Crippen LogP contribution is 2.35. The second-order valence-electron chi connectivity index (χ2n) is 6.66. The molecule has 1 N–H and O–H groups in total. The monoisotopic (exact) mass is 423 g/mol. The number of fused-ring (bicyclic) bond motifs is 1. The number of hydrogen-bond acceptors (Lipinski definition) is 4. The molecule has 0 bridgehead atoms. The summed E-state index contributed by atoms with van der Waals surface area (Å²) in [6.45, 7) is 2.27. The minimum atomic E-state index is -0.253. The number of amides is 1. The minimum absolute atomic E-state index is 0.0848. The fourth-order valence-electron chi connectivity index (χ4n) is 3.22. The van der Waals surface area contributed by atoms with Crippen LogP contribution in [-0.4, -0.2) is 15.5 Å². The molecule has 0 saturated carbocycles. The van der Waals surface area contributed by atoms with Crippen molar-refractivity contribution >= 4 is 39.1 Å². The second kappa shape index (κ2) is 8.19. The van der Waals surface area contributed by atoms with E-state index < -0.39 is 0 Å². The van der Waals surface area contributed by atoms with E-state index in [1.807, 2.05) is 49.4 Å². The Labute approximate surface area is 176 Å². The van der Waals surface area contributed by atoms with Crippen LogP contribution in [0, 0.1) is 6.92 Å². The first-order valence-corrected chi connectivity index (χ1v) is 10.3. The van der Waals surface area contributed by atoms with Crippen LogP contribution in [0.5, 0.6) is 0 Å². The number of aryl methyl sites for hydroxylation is 1. The van der Waals surface area contributed by atoms with Gasteiger partial charge in [-0.05, 0) is 30.2 Å². The van der Waals surface area contributed by atoms with Gasteiger partial charge in [-0.25, -0.2) is 4.98 Å². The summed E-state index contributed by atoms with van der Waals surface area (Å²) in [5.41, 5.74) is 2.59. The summed E-state index contributed by atoms with van der Waals surface area (Å²) in [7, 11) is 0.